The van der Waals surface area contributed by atoms with Gasteiger partial charge in [-0.25, -0.2) is 0 Å². The number of nitrogens with zero attached hydrogens (tertiary/aromatic N) is 5. The molecule has 0 amide bonds. The second-order valence-corrected chi connectivity index (χ2v) is 7.74. The Balaban J connectivity index is 1.25. The summed E-state index contributed by atoms with van der Waals surface area (Å²) in [7, 11) is 3.53. The van der Waals surface area contributed by atoms with Crippen LogP contribution in [0.4, 0.5) is 0 Å². The van der Waals surface area contributed by atoms with Gasteiger partial charge in [-0.2, -0.15) is 4.98 Å². The Kier molecular flexibility index (Phi) is 5.21. The first-order chi connectivity index (χ1) is 15.2. The van der Waals surface area contributed by atoms with Crippen LogP contribution in [0.1, 0.15) is 17.8 Å². The predicted octanol–water partition coefficient (Wildman–Crippen LogP) is 3.68. The molecule has 1 aliphatic rings. The Bertz CT molecular complexity index is 1190. The van der Waals surface area contributed by atoms with Crippen LogP contribution in [-0.2, 0) is 12.8 Å². The quantitative estimate of drug-likeness (QED) is 0.418. The highest BCUT2D eigenvalue weighted by atomic mass is 32.2. The van der Waals surface area contributed by atoms with Crippen molar-refractivity contribution in [2.24, 2.45) is 7.05 Å². The van der Waals surface area contributed by atoms with Crippen LogP contribution in [0, 0.1) is 0 Å². The van der Waals surface area contributed by atoms with Crippen molar-refractivity contribution in [3.63, 3.8) is 0 Å². The fourth-order valence-electron chi connectivity index (χ4n) is 3.18. The highest BCUT2D eigenvalue weighted by Gasteiger charge is 2.27. The van der Waals surface area contributed by atoms with Gasteiger partial charge in [-0.05, 0) is 36.4 Å². The van der Waals surface area contributed by atoms with E-state index in [2.05, 4.69) is 20.3 Å². The minimum atomic E-state index is -0.327. The summed E-state index contributed by atoms with van der Waals surface area (Å²) in [6.45, 7) is 0.378. The molecule has 0 saturated heterocycles. The van der Waals surface area contributed by atoms with Crippen molar-refractivity contribution in [2.75, 3.05) is 13.7 Å². The normalized spacial score (nSPS) is 15.1. The smallest absolute Gasteiger partial charge is 0.237 e. The summed E-state index contributed by atoms with van der Waals surface area (Å²) in [6.07, 6.45) is -0.327. The maximum atomic E-state index is 6.04. The number of fused-ring (bicyclic) bond motifs is 1. The van der Waals surface area contributed by atoms with Gasteiger partial charge in [-0.15, -0.1) is 10.2 Å². The zero-order valence-corrected chi connectivity index (χ0v) is 17.7. The van der Waals surface area contributed by atoms with E-state index in [1.807, 2.05) is 60.1 Å². The second-order valence-electron chi connectivity index (χ2n) is 6.79. The molecule has 0 N–H and O–H groups in total. The number of hydrogen-bond donors (Lipinski definition) is 0. The van der Waals surface area contributed by atoms with Gasteiger partial charge in [0.1, 0.15) is 12.4 Å². The van der Waals surface area contributed by atoms with Crippen molar-refractivity contribution in [2.45, 2.75) is 17.0 Å². The molecule has 158 valence electrons. The number of thioether (sulfide) groups is 1. The van der Waals surface area contributed by atoms with Gasteiger partial charge in [0.15, 0.2) is 28.6 Å². The van der Waals surface area contributed by atoms with Crippen LogP contribution < -0.4 is 14.2 Å². The first-order valence-electron chi connectivity index (χ1n) is 9.59. The van der Waals surface area contributed by atoms with E-state index >= 15 is 0 Å². The summed E-state index contributed by atoms with van der Waals surface area (Å²) >= 11 is 1.46. The summed E-state index contributed by atoms with van der Waals surface area (Å²) in [5.74, 6) is 4.42. The maximum absolute atomic E-state index is 6.04. The van der Waals surface area contributed by atoms with Crippen LogP contribution in [0.3, 0.4) is 0 Å². The number of aromatic nitrogens is 5. The van der Waals surface area contributed by atoms with E-state index in [1.54, 1.807) is 7.11 Å². The van der Waals surface area contributed by atoms with E-state index in [4.69, 9.17) is 18.7 Å². The third-order valence-electron chi connectivity index (χ3n) is 4.81. The summed E-state index contributed by atoms with van der Waals surface area (Å²) in [5.41, 5.74) is 0.858. The molecule has 0 radical (unpaired) electrons. The Morgan fingerprint density at radius 2 is 1.90 bits per heavy atom. The molecule has 0 bridgehead atoms. The van der Waals surface area contributed by atoms with Crippen molar-refractivity contribution in [1.82, 2.24) is 24.9 Å². The Morgan fingerprint density at radius 1 is 1.10 bits per heavy atom. The van der Waals surface area contributed by atoms with Gasteiger partial charge >= 0.3 is 0 Å². The Hall–Kier alpha value is -3.53. The molecule has 9 nitrogen and oxygen atoms in total. The molecule has 0 fully saturated rings. The van der Waals surface area contributed by atoms with E-state index < -0.39 is 0 Å². The molecule has 4 aromatic rings. The van der Waals surface area contributed by atoms with E-state index in [1.165, 1.54) is 11.8 Å². The van der Waals surface area contributed by atoms with Crippen LogP contribution in [0.25, 0.3) is 11.4 Å². The monoisotopic (exact) mass is 437 g/mol. The SMILES string of the molecule is COc1ccc(-c2noc(CSc3nnc([C@@H]4COc5ccccc5O4)n3C)n2)cc1. The molecule has 3 heterocycles. The minimum Gasteiger partial charge on any atom is -0.497 e. The number of benzene rings is 2. The molecule has 10 heteroatoms. The van der Waals surface area contributed by atoms with E-state index in [0.29, 0.717) is 35.6 Å². The van der Waals surface area contributed by atoms with Crippen LogP contribution in [-0.4, -0.2) is 38.6 Å². The van der Waals surface area contributed by atoms with Crippen molar-refractivity contribution < 1.29 is 18.7 Å². The molecule has 1 aliphatic heterocycles. The Labute approximate surface area is 182 Å². The lowest BCUT2D eigenvalue weighted by molar-refractivity contribution is 0.0825. The Morgan fingerprint density at radius 3 is 2.71 bits per heavy atom. The zero-order chi connectivity index (χ0) is 21.2. The third-order valence-corrected chi connectivity index (χ3v) is 5.81. The van der Waals surface area contributed by atoms with E-state index in [-0.39, 0.29) is 6.10 Å². The number of hydrogen-bond acceptors (Lipinski definition) is 9. The predicted molar refractivity (Wildman–Crippen MR) is 112 cm³/mol. The summed E-state index contributed by atoms with van der Waals surface area (Å²) in [4.78, 5) is 4.46. The lowest BCUT2D eigenvalue weighted by atomic mass is 10.2. The fraction of sp³-hybridized carbons (Fsp3) is 0.238. The number of methoxy groups -OCH3 is 1. The molecule has 31 heavy (non-hydrogen) atoms. The number of para-hydroxylation sites is 2. The molecule has 5 rings (SSSR count). The van der Waals surface area contributed by atoms with E-state index in [9.17, 15) is 0 Å². The average molecular weight is 437 g/mol. The first-order valence-corrected chi connectivity index (χ1v) is 10.6. The minimum absolute atomic E-state index is 0.327. The van der Waals surface area contributed by atoms with Gasteiger partial charge in [-0.3, -0.25) is 0 Å². The average Bonchev–Trinajstić information content (AvgIpc) is 3.44. The van der Waals surface area contributed by atoms with Gasteiger partial charge in [-0.1, -0.05) is 29.1 Å². The number of rotatable bonds is 6. The van der Waals surface area contributed by atoms with E-state index in [0.717, 1.165) is 22.2 Å². The third kappa shape index (κ3) is 3.93. The van der Waals surface area contributed by atoms with Gasteiger partial charge in [0, 0.05) is 12.6 Å². The van der Waals surface area contributed by atoms with Crippen molar-refractivity contribution in [3.8, 4) is 28.6 Å². The molecular weight excluding hydrogens is 418 g/mol. The highest BCUT2D eigenvalue weighted by molar-refractivity contribution is 7.98. The zero-order valence-electron chi connectivity index (χ0n) is 16.9. The van der Waals surface area contributed by atoms with Crippen molar-refractivity contribution in [3.05, 3.63) is 60.2 Å². The number of ether oxygens (including phenoxy) is 3. The van der Waals surface area contributed by atoms with Crippen molar-refractivity contribution in [1.29, 1.82) is 0 Å². The van der Waals surface area contributed by atoms with Crippen LogP contribution in [0.5, 0.6) is 17.2 Å². The maximum Gasteiger partial charge on any atom is 0.237 e. The first kappa shape index (κ1) is 19.4. The van der Waals surface area contributed by atoms with Crippen molar-refractivity contribution >= 4 is 11.8 Å². The van der Waals surface area contributed by atoms with Gasteiger partial charge in [0.05, 0.1) is 12.9 Å². The van der Waals surface area contributed by atoms with Crippen LogP contribution >= 0.6 is 11.8 Å². The molecule has 2 aromatic carbocycles. The molecule has 2 aromatic heterocycles. The van der Waals surface area contributed by atoms with Gasteiger partial charge in [0.25, 0.3) is 0 Å². The largest absolute Gasteiger partial charge is 0.497 e. The standard InChI is InChI=1S/C21H19N5O4S/c1-26-20(17-11-28-15-5-3-4-6-16(15)29-17)23-24-21(26)31-12-18-22-19(25-30-18)13-7-9-14(27-2)10-8-13/h3-10,17H,11-12H2,1-2H3/t17-/m0/s1. The molecule has 0 spiro atoms. The fourth-order valence-corrected chi connectivity index (χ4v) is 3.93. The molecule has 0 saturated carbocycles. The van der Waals surface area contributed by atoms with Crippen LogP contribution in [0.2, 0.25) is 0 Å². The highest BCUT2D eigenvalue weighted by Crippen LogP contribution is 2.36. The summed E-state index contributed by atoms with van der Waals surface area (Å²) in [5, 5.41) is 13.4. The molecule has 0 unspecified atom stereocenters. The molecular formula is C21H19N5O4S. The summed E-state index contributed by atoms with van der Waals surface area (Å²) in [6, 6.07) is 15.1. The topological polar surface area (TPSA) is 97.3 Å². The van der Waals surface area contributed by atoms with Gasteiger partial charge < -0.3 is 23.3 Å². The second kappa shape index (κ2) is 8.31. The summed E-state index contributed by atoms with van der Waals surface area (Å²) < 4.78 is 24.3. The van der Waals surface area contributed by atoms with Gasteiger partial charge in [0.2, 0.25) is 11.7 Å². The lowest BCUT2D eigenvalue weighted by Crippen LogP contribution is -2.24. The molecule has 0 aliphatic carbocycles. The molecule has 1 atom stereocenters. The lowest BCUT2D eigenvalue weighted by Gasteiger charge is -2.25. The van der Waals surface area contributed by atoms with Crippen LogP contribution in [0.15, 0.2) is 58.2 Å².